The van der Waals surface area contributed by atoms with Crippen molar-refractivity contribution in [2.24, 2.45) is 12.0 Å². The lowest BCUT2D eigenvalue weighted by Crippen LogP contribution is -2.41. The van der Waals surface area contributed by atoms with Crippen LogP contribution >= 0.6 is 35.7 Å². The molecule has 1 atom stereocenters. The summed E-state index contributed by atoms with van der Waals surface area (Å²) in [6, 6.07) is 10.4. The smallest absolute Gasteiger partial charge is 0.193 e. The van der Waals surface area contributed by atoms with Crippen LogP contribution in [0.25, 0.3) is 0 Å². The third kappa shape index (κ3) is 6.31. The summed E-state index contributed by atoms with van der Waals surface area (Å²) >= 11 is 1.85. The van der Waals surface area contributed by atoms with E-state index in [1.54, 1.807) is 18.1 Å². The highest BCUT2D eigenvalue weighted by Crippen LogP contribution is 2.21. The van der Waals surface area contributed by atoms with Crippen LogP contribution in [0.4, 0.5) is 0 Å². The van der Waals surface area contributed by atoms with E-state index in [1.165, 1.54) is 4.90 Å². The van der Waals surface area contributed by atoms with Crippen LogP contribution in [0.3, 0.4) is 0 Å². The van der Waals surface area contributed by atoms with E-state index in [1.807, 2.05) is 36.8 Å². The van der Waals surface area contributed by atoms with Gasteiger partial charge in [-0.1, -0.05) is 25.1 Å². The minimum Gasteiger partial charge on any atom is -0.355 e. The Hall–Kier alpha value is -1.29. The van der Waals surface area contributed by atoms with Crippen molar-refractivity contribution in [2.45, 2.75) is 23.6 Å². The van der Waals surface area contributed by atoms with Crippen molar-refractivity contribution in [3.63, 3.8) is 0 Å². The largest absolute Gasteiger partial charge is 0.355 e. The van der Waals surface area contributed by atoms with Crippen LogP contribution in [0.15, 0.2) is 46.5 Å². The Kier molecular flexibility index (Phi) is 9.12. The summed E-state index contributed by atoms with van der Waals surface area (Å²) in [6.45, 7) is 3.71. The molecule has 1 heterocycles. The van der Waals surface area contributed by atoms with Gasteiger partial charge in [0.05, 0.1) is 6.54 Å². The first kappa shape index (κ1) is 20.8. The van der Waals surface area contributed by atoms with Gasteiger partial charge in [-0.15, -0.1) is 35.7 Å². The third-order valence-corrected chi connectivity index (χ3v) is 4.50. The number of hydrogen-bond acceptors (Lipinski definition) is 4. The molecule has 0 amide bonds. The van der Waals surface area contributed by atoms with Gasteiger partial charge in [-0.05, 0) is 12.1 Å². The van der Waals surface area contributed by atoms with Crippen molar-refractivity contribution in [3.8, 4) is 0 Å². The van der Waals surface area contributed by atoms with Gasteiger partial charge in [-0.3, -0.25) is 9.67 Å². The summed E-state index contributed by atoms with van der Waals surface area (Å²) in [7, 11) is 5.69. The normalized spacial score (nSPS) is 12.4. The van der Waals surface area contributed by atoms with E-state index in [0.29, 0.717) is 11.8 Å². The molecule has 24 heavy (non-hydrogen) atoms. The minimum atomic E-state index is 0. The van der Waals surface area contributed by atoms with Gasteiger partial charge in [-0.2, -0.15) is 5.10 Å². The van der Waals surface area contributed by atoms with Crippen LogP contribution < -0.4 is 5.32 Å². The zero-order valence-corrected chi connectivity index (χ0v) is 17.7. The lowest BCUT2D eigenvalue weighted by atomic mass is 10.4. The Morgan fingerprint density at radius 2 is 2.08 bits per heavy atom. The highest BCUT2D eigenvalue weighted by Gasteiger charge is 2.11. The molecule has 0 bridgehead atoms. The number of guanidine groups is 1. The van der Waals surface area contributed by atoms with Gasteiger partial charge in [0.25, 0.3) is 0 Å². The van der Waals surface area contributed by atoms with Gasteiger partial charge in [0, 0.05) is 37.8 Å². The fourth-order valence-corrected chi connectivity index (χ4v) is 3.09. The predicted octanol–water partition coefficient (Wildman–Crippen LogP) is 2.62. The number of aryl methyl sites for hydroxylation is 1. The number of nitrogens with one attached hydrogen (secondary N) is 1. The average Bonchev–Trinajstić information content (AvgIpc) is 2.94. The van der Waals surface area contributed by atoms with Crippen LogP contribution in [0.2, 0.25) is 0 Å². The lowest BCUT2D eigenvalue weighted by molar-refractivity contribution is 0.449. The summed E-state index contributed by atoms with van der Waals surface area (Å²) in [6.07, 6.45) is 1.57. The molecule has 0 aliphatic carbocycles. The van der Waals surface area contributed by atoms with E-state index < -0.39 is 0 Å². The molecule has 0 spiro atoms. The molecule has 1 N–H and O–H groups in total. The fourth-order valence-electron chi connectivity index (χ4n) is 2.14. The summed E-state index contributed by atoms with van der Waals surface area (Å²) in [5.74, 6) is 1.76. The van der Waals surface area contributed by atoms with E-state index in [2.05, 4.69) is 51.6 Å². The maximum Gasteiger partial charge on any atom is 0.193 e. The number of hydrogen-bond donors (Lipinski definition) is 1. The minimum absolute atomic E-state index is 0. The van der Waals surface area contributed by atoms with Gasteiger partial charge >= 0.3 is 0 Å². The Labute approximate surface area is 165 Å². The molecular formula is C16H25IN6S. The molecule has 1 aromatic heterocycles. The molecule has 8 heteroatoms. The Balaban J connectivity index is 0.00000288. The topological polar surface area (TPSA) is 58.3 Å². The van der Waals surface area contributed by atoms with Crippen LogP contribution in [-0.4, -0.2) is 51.5 Å². The van der Waals surface area contributed by atoms with E-state index in [4.69, 9.17) is 0 Å². The predicted molar refractivity (Wildman–Crippen MR) is 111 cm³/mol. The Bertz CT molecular complexity index is 631. The second-order valence-electron chi connectivity index (χ2n) is 5.33. The molecule has 1 aromatic carbocycles. The highest BCUT2D eigenvalue weighted by atomic mass is 127. The van der Waals surface area contributed by atoms with Gasteiger partial charge in [0.2, 0.25) is 0 Å². The SMILES string of the molecule is CN=C(NCC(C)Sc1ccccc1)N(C)Cc1ncnn1C.I. The van der Waals surface area contributed by atoms with Crippen molar-refractivity contribution >= 4 is 41.7 Å². The maximum absolute atomic E-state index is 4.34. The number of thioether (sulfide) groups is 1. The van der Waals surface area contributed by atoms with E-state index >= 15 is 0 Å². The number of aromatic nitrogens is 3. The second-order valence-corrected chi connectivity index (χ2v) is 6.84. The Morgan fingerprint density at radius 3 is 2.67 bits per heavy atom. The van der Waals surface area contributed by atoms with E-state index in [-0.39, 0.29) is 24.0 Å². The summed E-state index contributed by atoms with van der Waals surface area (Å²) in [4.78, 5) is 11.9. The molecule has 0 saturated heterocycles. The summed E-state index contributed by atoms with van der Waals surface area (Å²) in [5.41, 5.74) is 0. The molecule has 0 radical (unpaired) electrons. The Morgan fingerprint density at radius 1 is 1.38 bits per heavy atom. The lowest BCUT2D eigenvalue weighted by Gasteiger charge is -2.23. The van der Waals surface area contributed by atoms with Crippen LogP contribution in [-0.2, 0) is 13.6 Å². The molecular weight excluding hydrogens is 435 g/mol. The summed E-state index contributed by atoms with van der Waals surface area (Å²) in [5, 5.41) is 7.95. The average molecular weight is 460 g/mol. The molecule has 2 rings (SSSR count). The quantitative estimate of drug-likeness (QED) is 0.311. The van der Waals surface area contributed by atoms with E-state index in [0.717, 1.165) is 18.3 Å². The van der Waals surface area contributed by atoms with Gasteiger partial charge in [-0.25, -0.2) is 4.98 Å². The third-order valence-electron chi connectivity index (χ3n) is 3.39. The van der Waals surface area contributed by atoms with Crippen LogP contribution in [0.1, 0.15) is 12.7 Å². The molecule has 0 fully saturated rings. The molecule has 0 aliphatic rings. The van der Waals surface area contributed by atoms with Crippen molar-refractivity contribution in [3.05, 3.63) is 42.5 Å². The standard InChI is InChI=1S/C16H24N6S.HI/c1-13(23-14-8-6-5-7-9-14)10-18-16(17-2)21(3)11-15-19-12-20-22(15)4;/h5-9,12-13H,10-11H2,1-4H3,(H,17,18);1H. The number of benzene rings is 1. The molecule has 1 unspecified atom stereocenters. The first-order valence-corrected chi connectivity index (χ1v) is 8.44. The van der Waals surface area contributed by atoms with Gasteiger partial charge in [0.1, 0.15) is 12.2 Å². The molecule has 2 aromatic rings. The van der Waals surface area contributed by atoms with E-state index in [9.17, 15) is 0 Å². The highest BCUT2D eigenvalue weighted by molar-refractivity contribution is 14.0. The second kappa shape index (κ2) is 10.5. The zero-order valence-electron chi connectivity index (χ0n) is 14.5. The van der Waals surface area contributed by atoms with Crippen molar-refractivity contribution in [2.75, 3.05) is 20.6 Å². The van der Waals surface area contributed by atoms with Crippen LogP contribution in [0.5, 0.6) is 0 Å². The molecule has 6 nitrogen and oxygen atoms in total. The fraction of sp³-hybridized carbons (Fsp3) is 0.438. The van der Waals surface area contributed by atoms with Crippen molar-refractivity contribution in [1.29, 1.82) is 0 Å². The van der Waals surface area contributed by atoms with Gasteiger partial charge in [0.15, 0.2) is 5.96 Å². The molecule has 0 saturated carbocycles. The van der Waals surface area contributed by atoms with Gasteiger partial charge < -0.3 is 10.2 Å². The molecule has 0 aliphatic heterocycles. The number of halogens is 1. The first-order valence-electron chi connectivity index (χ1n) is 7.56. The summed E-state index contributed by atoms with van der Waals surface area (Å²) < 4.78 is 1.78. The number of aliphatic imine (C=N–C) groups is 1. The number of nitrogens with zero attached hydrogens (tertiary/aromatic N) is 5. The molecule has 132 valence electrons. The monoisotopic (exact) mass is 460 g/mol. The van der Waals surface area contributed by atoms with Crippen LogP contribution in [0, 0.1) is 0 Å². The van der Waals surface area contributed by atoms with Crippen molar-refractivity contribution in [1.82, 2.24) is 25.0 Å². The first-order chi connectivity index (χ1) is 11.1. The zero-order chi connectivity index (χ0) is 16.7. The van der Waals surface area contributed by atoms with Crippen molar-refractivity contribution < 1.29 is 0 Å². The number of rotatable bonds is 6. The maximum atomic E-state index is 4.34.